The van der Waals surface area contributed by atoms with E-state index in [9.17, 15) is 0 Å². The van der Waals surface area contributed by atoms with Crippen molar-refractivity contribution in [2.45, 2.75) is 53.5 Å². The van der Waals surface area contributed by atoms with Gasteiger partial charge in [0.25, 0.3) is 0 Å². The van der Waals surface area contributed by atoms with E-state index < -0.39 is 0 Å². The molecule has 1 heterocycles. The highest BCUT2D eigenvalue weighted by molar-refractivity contribution is 4.83. The Hall–Kier alpha value is -0.0800. The zero-order chi connectivity index (χ0) is 12.2. The smallest absolute Gasteiger partial charge is 0.00673 e. The second kappa shape index (κ2) is 6.02. The summed E-state index contributed by atoms with van der Waals surface area (Å²) in [5.74, 6) is 0.881. The summed E-state index contributed by atoms with van der Waals surface area (Å²) in [5.41, 5.74) is 0.390. The van der Waals surface area contributed by atoms with Crippen molar-refractivity contribution >= 4 is 0 Å². The van der Waals surface area contributed by atoms with E-state index in [4.69, 9.17) is 0 Å². The Balaban J connectivity index is 2.44. The molecule has 0 aromatic rings. The maximum atomic E-state index is 3.48. The van der Waals surface area contributed by atoms with E-state index in [2.05, 4.69) is 44.8 Å². The van der Waals surface area contributed by atoms with Gasteiger partial charge in [0.05, 0.1) is 0 Å². The lowest BCUT2D eigenvalue weighted by Gasteiger charge is -2.41. The van der Waals surface area contributed by atoms with Gasteiger partial charge in [-0.15, -0.1) is 0 Å². The van der Waals surface area contributed by atoms with Crippen LogP contribution < -0.4 is 5.32 Å². The van der Waals surface area contributed by atoms with Gasteiger partial charge in [-0.3, -0.25) is 4.90 Å². The van der Waals surface area contributed by atoms with Crippen molar-refractivity contribution in [1.29, 1.82) is 0 Å². The van der Waals surface area contributed by atoms with Gasteiger partial charge in [-0.25, -0.2) is 0 Å². The zero-order valence-corrected chi connectivity index (χ0v) is 11.8. The zero-order valence-electron chi connectivity index (χ0n) is 11.8. The number of nitrogens with zero attached hydrogens (tertiary/aromatic N) is 1. The molecule has 2 atom stereocenters. The summed E-state index contributed by atoms with van der Waals surface area (Å²) in [4.78, 5) is 2.69. The summed E-state index contributed by atoms with van der Waals surface area (Å²) in [6.45, 7) is 16.4. The summed E-state index contributed by atoms with van der Waals surface area (Å²) in [6, 6.07) is 0.775. The van der Waals surface area contributed by atoms with Gasteiger partial charge in [-0.1, -0.05) is 27.7 Å². The predicted molar refractivity (Wildman–Crippen MR) is 71.8 cm³/mol. The summed E-state index contributed by atoms with van der Waals surface area (Å²) in [6.07, 6.45) is 2.78. The van der Waals surface area contributed by atoms with Gasteiger partial charge in [0.2, 0.25) is 0 Å². The summed E-state index contributed by atoms with van der Waals surface area (Å²) >= 11 is 0. The highest BCUT2D eigenvalue weighted by Crippen LogP contribution is 2.25. The largest absolute Gasteiger partial charge is 0.316 e. The van der Waals surface area contributed by atoms with Crippen LogP contribution in [0.2, 0.25) is 0 Å². The molecule has 0 amide bonds. The lowest BCUT2D eigenvalue weighted by molar-refractivity contribution is 0.0799. The van der Waals surface area contributed by atoms with Gasteiger partial charge in [-0.2, -0.15) is 0 Å². The predicted octanol–water partition coefficient (Wildman–Crippen LogP) is 2.74. The first kappa shape index (κ1) is 14.0. The molecule has 0 saturated carbocycles. The van der Waals surface area contributed by atoms with Gasteiger partial charge in [0.15, 0.2) is 0 Å². The Labute approximate surface area is 102 Å². The van der Waals surface area contributed by atoms with E-state index in [1.54, 1.807) is 0 Å². The van der Waals surface area contributed by atoms with E-state index in [-0.39, 0.29) is 0 Å². The normalized spacial score (nSPS) is 28.3. The molecule has 0 radical (unpaired) electrons. The fraction of sp³-hybridized carbons (Fsp3) is 1.00. The molecular formula is C14H30N2. The van der Waals surface area contributed by atoms with Crippen LogP contribution in [0.1, 0.15) is 47.5 Å². The molecule has 0 aliphatic carbocycles. The van der Waals surface area contributed by atoms with Crippen LogP contribution in [0.25, 0.3) is 0 Å². The third-order valence-corrected chi connectivity index (χ3v) is 3.73. The molecule has 16 heavy (non-hydrogen) atoms. The summed E-state index contributed by atoms with van der Waals surface area (Å²) in [7, 11) is 0. The average Bonchev–Trinajstić information content (AvgIpc) is 2.20. The minimum Gasteiger partial charge on any atom is -0.316 e. The van der Waals surface area contributed by atoms with Crippen LogP contribution in [0, 0.1) is 11.3 Å². The second-order valence-electron chi connectivity index (χ2n) is 6.41. The molecule has 1 aliphatic heterocycles. The van der Waals surface area contributed by atoms with Crippen molar-refractivity contribution in [3.05, 3.63) is 0 Å². The molecule has 2 unspecified atom stereocenters. The van der Waals surface area contributed by atoms with E-state index in [1.165, 1.54) is 25.9 Å². The fourth-order valence-electron chi connectivity index (χ4n) is 2.67. The Kier molecular flexibility index (Phi) is 5.26. The SMILES string of the molecule is CCNCC(C)(C)CN1CC(C)CCC1C. The van der Waals surface area contributed by atoms with Crippen molar-refractivity contribution in [2.75, 3.05) is 26.2 Å². The number of piperidine rings is 1. The molecule has 1 N–H and O–H groups in total. The van der Waals surface area contributed by atoms with Gasteiger partial charge in [0, 0.05) is 25.7 Å². The minimum atomic E-state index is 0.390. The third-order valence-electron chi connectivity index (χ3n) is 3.73. The molecule has 0 spiro atoms. The van der Waals surface area contributed by atoms with Crippen LogP contribution in [0.15, 0.2) is 0 Å². The van der Waals surface area contributed by atoms with Crippen molar-refractivity contribution in [2.24, 2.45) is 11.3 Å². The molecule has 0 aromatic carbocycles. The molecule has 0 aromatic heterocycles. The van der Waals surface area contributed by atoms with Crippen molar-refractivity contribution in [3.8, 4) is 0 Å². The standard InChI is InChI=1S/C14H30N2/c1-6-15-10-14(4,5)11-16-9-12(2)7-8-13(16)3/h12-13,15H,6-11H2,1-5H3. The summed E-state index contributed by atoms with van der Waals surface area (Å²) in [5, 5.41) is 3.48. The monoisotopic (exact) mass is 226 g/mol. The number of rotatable bonds is 5. The van der Waals surface area contributed by atoms with E-state index >= 15 is 0 Å². The Morgan fingerprint density at radius 2 is 1.94 bits per heavy atom. The number of likely N-dealkylation sites (tertiary alicyclic amines) is 1. The maximum Gasteiger partial charge on any atom is 0.00673 e. The van der Waals surface area contributed by atoms with E-state index in [0.717, 1.165) is 25.0 Å². The maximum absolute atomic E-state index is 3.48. The Morgan fingerprint density at radius 3 is 2.56 bits per heavy atom. The first-order valence-electron chi connectivity index (χ1n) is 6.89. The van der Waals surface area contributed by atoms with Crippen LogP contribution >= 0.6 is 0 Å². The first-order valence-corrected chi connectivity index (χ1v) is 6.89. The van der Waals surface area contributed by atoms with Gasteiger partial charge in [-0.05, 0) is 37.6 Å². The van der Waals surface area contributed by atoms with E-state index in [0.29, 0.717) is 5.41 Å². The van der Waals surface area contributed by atoms with Gasteiger partial charge in [0.1, 0.15) is 0 Å². The van der Waals surface area contributed by atoms with Crippen LogP contribution in [0.4, 0.5) is 0 Å². The lowest BCUT2D eigenvalue weighted by Crippen LogP contribution is -2.48. The Bertz CT molecular complexity index is 201. The first-order chi connectivity index (χ1) is 7.44. The van der Waals surface area contributed by atoms with E-state index in [1.807, 2.05) is 0 Å². The average molecular weight is 226 g/mol. The molecule has 1 rings (SSSR count). The lowest BCUT2D eigenvalue weighted by atomic mass is 9.88. The quantitative estimate of drug-likeness (QED) is 0.775. The second-order valence-corrected chi connectivity index (χ2v) is 6.41. The molecule has 0 bridgehead atoms. The third kappa shape index (κ3) is 4.42. The molecular weight excluding hydrogens is 196 g/mol. The highest BCUT2D eigenvalue weighted by Gasteiger charge is 2.28. The molecule has 1 fully saturated rings. The molecule has 1 saturated heterocycles. The molecule has 2 heteroatoms. The number of hydrogen-bond acceptors (Lipinski definition) is 2. The van der Waals surface area contributed by atoms with Crippen molar-refractivity contribution < 1.29 is 0 Å². The number of hydrogen-bond donors (Lipinski definition) is 1. The van der Waals surface area contributed by atoms with Gasteiger partial charge < -0.3 is 5.32 Å². The highest BCUT2D eigenvalue weighted by atomic mass is 15.2. The van der Waals surface area contributed by atoms with Crippen LogP contribution in [-0.2, 0) is 0 Å². The minimum absolute atomic E-state index is 0.390. The topological polar surface area (TPSA) is 15.3 Å². The summed E-state index contributed by atoms with van der Waals surface area (Å²) < 4.78 is 0. The molecule has 2 nitrogen and oxygen atoms in total. The number of nitrogens with one attached hydrogen (secondary N) is 1. The van der Waals surface area contributed by atoms with Gasteiger partial charge >= 0.3 is 0 Å². The molecule has 96 valence electrons. The Morgan fingerprint density at radius 1 is 1.25 bits per heavy atom. The van der Waals surface area contributed by atoms with Crippen molar-refractivity contribution in [3.63, 3.8) is 0 Å². The molecule has 1 aliphatic rings. The van der Waals surface area contributed by atoms with Crippen LogP contribution in [-0.4, -0.2) is 37.1 Å². The van der Waals surface area contributed by atoms with Crippen LogP contribution in [0.5, 0.6) is 0 Å². The van der Waals surface area contributed by atoms with Crippen molar-refractivity contribution in [1.82, 2.24) is 10.2 Å². The van der Waals surface area contributed by atoms with Crippen LogP contribution in [0.3, 0.4) is 0 Å². The fourth-order valence-corrected chi connectivity index (χ4v) is 2.67.